The molecule has 0 heterocycles. The molecule has 0 spiro atoms. The van der Waals surface area contributed by atoms with Crippen molar-refractivity contribution in [3.63, 3.8) is 0 Å². The van der Waals surface area contributed by atoms with Gasteiger partial charge in [-0.3, -0.25) is 4.84 Å². The predicted molar refractivity (Wildman–Crippen MR) is 50.4 cm³/mol. The van der Waals surface area contributed by atoms with Gasteiger partial charge >= 0.3 is 5.97 Å². The van der Waals surface area contributed by atoms with Crippen LogP contribution < -0.4 is 0 Å². The zero-order valence-electron chi connectivity index (χ0n) is 7.26. The van der Waals surface area contributed by atoms with E-state index in [4.69, 9.17) is 44.7 Å². The second-order valence-electron chi connectivity index (χ2n) is 2.90. The number of alkyl halides is 3. The van der Waals surface area contributed by atoms with E-state index in [1.165, 1.54) is 0 Å². The number of aliphatic hydroxyl groups excluding tert-OH is 1. The standard InChI is InChI=1S/C6H11Cl3NO3/c1-10(2,3-4-11)13-5(12)6(7,8)9/h11H,3-4H2,1-2H3/q+1. The van der Waals surface area contributed by atoms with Gasteiger partial charge in [-0.15, -0.1) is 4.65 Å². The molecule has 0 bridgehead atoms. The van der Waals surface area contributed by atoms with E-state index >= 15 is 0 Å². The van der Waals surface area contributed by atoms with Crippen LogP contribution in [0.15, 0.2) is 0 Å². The summed E-state index contributed by atoms with van der Waals surface area (Å²) in [5.74, 6) is -0.962. The number of aliphatic hydroxyl groups is 1. The first-order valence-corrected chi connectivity index (χ1v) is 4.57. The van der Waals surface area contributed by atoms with E-state index in [1.807, 2.05) is 0 Å². The second-order valence-corrected chi connectivity index (χ2v) is 5.18. The highest BCUT2D eigenvalue weighted by Gasteiger charge is 2.38. The Hall–Kier alpha value is 0.260. The first-order valence-electron chi connectivity index (χ1n) is 3.43. The fraction of sp³-hybridized carbons (Fsp3) is 0.833. The molecule has 0 aliphatic heterocycles. The topological polar surface area (TPSA) is 46.5 Å². The Morgan fingerprint density at radius 1 is 1.46 bits per heavy atom. The van der Waals surface area contributed by atoms with Crippen LogP contribution in [0.25, 0.3) is 0 Å². The Morgan fingerprint density at radius 3 is 2.23 bits per heavy atom. The van der Waals surface area contributed by atoms with Gasteiger partial charge in [0.2, 0.25) is 0 Å². The Morgan fingerprint density at radius 2 is 1.92 bits per heavy atom. The van der Waals surface area contributed by atoms with E-state index in [2.05, 4.69) is 0 Å². The Labute approximate surface area is 91.5 Å². The van der Waals surface area contributed by atoms with Crippen molar-refractivity contribution in [2.24, 2.45) is 0 Å². The maximum atomic E-state index is 11.0. The predicted octanol–water partition coefficient (Wildman–Crippen LogP) is 0.883. The second kappa shape index (κ2) is 4.66. The van der Waals surface area contributed by atoms with Crippen LogP contribution in [0, 0.1) is 0 Å². The lowest BCUT2D eigenvalue weighted by atomic mass is 10.6. The SMILES string of the molecule is C[N+](C)(CCO)OC(=O)C(Cl)(Cl)Cl. The van der Waals surface area contributed by atoms with Gasteiger partial charge in [0.25, 0.3) is 3.79 Å². The zero-order valence-corrected chi connectivity index (χ0v) is 9.53. The van der Waals surface area contributed by atoms with Gasteiger partial charge in [0.1, 0.15) is 20.6 Å². The van der Waals surface area contributed by atoms with Crippen LogP contribution in [0.5, 0.6) is 0 Å². The molecule has 0 aromatic rings. The number of hydroxylamine groups is 3. The van der Waals surface area contributed by atoms with Gasteiger partial charge in [0.15, 0.2) is 0 Å². The van der Waals surface area contributed by atoms with Gasteiger partial charge in [-0.2, -0.15) is 0 Å². The van der Waals surface area contributed by atoms with Crippen molar-refractivity contribution in [1.82, 2.24) is 0 Å². The third-order valence-electron chi connectivity index (χ3n) is 1.20. The lowest BCUT2D eigenvalue weighted by molar-refractivity contribution is -1.06. The largest absolute Gasteiger partial charge is 0.417 e. The fourth-order valence-electron chi connectivity index (χ4n) is 0.563. The third-order valence-corrected chi connectivity index (χ3v) is 1.66. The summed E-state index contributed by atoms with van der Waals surface area (Å²) in [5, 5.41) is 8.61. The summed E-state index contributed by atoms with van der Waals surface area (Å²) >= 11 is 15.8. The van der Waals surface area contributed by atoms with Gasteiger partial charge in [0.05, 0.1) is 6.61 Å². The maximum absolute atomic E-state index is 11.0. The number of hydrogen-bond acceptors (Lipinski definition) is 3. The number of halogens is 3. The molecule has 1 N–H and O–H groups in total. The molecule has 0 aliphatic rings. The molecule has 13 heavy (non-hydrogen) atoms. The van der Waals surface area contributed by atoms with Crippen molar-refractivity contribution in [2.75, 3.05) is 27.2 Å². The number of likely N-dealkylation sites (N-methyl/N-ethyl adjacent to an activating group) is 1. The quantitative estimate of drug-likeness (QED) is 0.460. The van der Waals surface area contributed by atoms with Gasteiger partial charge in [0, 0.05) is 0 Å². The third kappa shape index (κ3) is 5.54. The van der Waals surface area contributed by atoms with Gasteiger partial charge in [-0.25, -0.2) is 4.79 Å². The molecule has 0 aromatic heterocycles. The fourth-order valence-corrected chi connectivity index (χ4v) is 0.666. The zero-order chi connectivity index (χ0) is 10.7. The summed E-state index contributed by atoms with van der Waals surface area (Å²) in [6.45, 7) is 0.104. The Bertz CT molecular complexity index is 190. The Balaban J connectivity index is 4.20. The Kier molecular flexibility index (Phi) is 4.76. The molecule has 4 nitrogen and oxygen atoms in total. The molecule has 0 saturated heterocycles. The van der Waals surface area contributed by atoms with Crippen LogP contribution in [0.3, 0.4) is 0 Å². The number of carbonyl (C=O) groups excluding carboxylic acids is 1. The molecule has 78 valence electrons. The van der Waals surface area contributed by atoms with Crippen LogP contribution in [-0.4, -0.2) is 46.8 Å². The normalized spacial score (nSPS) is 12.8. The van der Waals surface area contributed by atoms with Gasteiger partial charge in [-0.1, -0.05) is 34.8 Å². The molecular formula is C6H11Cl3NO3+. The first kappa shape index (κ1) is 13.3. The smallest absolute Gasteiger partial charge is 0.390 e. The average molecular weight is 252 g/mol. The van der Waals surface area contributed by atoms with Gasteiger partial charge in [-0.05, 0) is 0 Å². The van der Waals surface area contributed by atoms with Gasteiger partial charge < -0.3 is 5.11 Å². The molecule has 0 amide bonds. The minimum Gasteiger partial charge on any atom is -0.390 e. The van der Waals surface area contributed by atoms with Crippen molar-refractivity contribution in [2.45, 2.75) is 3.79 Å². The number of nitrogens with zero attached hydrogens (tertiary/aromatic N) is 1. The maximum Gasteiger partial charge on any atom is 0.417 e. The highest BCUT2D eigenvalue weighted by Crippen LogP contribution is 2.28. The number of quaternary nitrogens is 1. The van der Waals surface area contributed by atoms with E-state index in [1.54, 1.807) is 14.1 Å². The van der Waals surface area contributed by atoms with Crippen LogP contribution in [0.4, 0.5) is 0 Å². The molecule has 7 heteroatoms. The van der Waals surface area contributed by atoms with E-state index in [-0.39, 0.29) is 17.8 Å². The molecule has 0 saturated carbocycles. The highest BCUT2D eigenvalue weighted by molar-refractivity contribution is 6.75. The summed E-state index contributed by atoms with van der Waals surface area (Å²) < 4.78 is -2.27. The number of rotatable bonds is 3. The van der Waals surface area contributed by atoms with Crippen molar-refractivity contribution in [3.8, 4) is 0 Å². The molecule has 0 rings (SSSR count). The lowest BCUT2D eigenvalue weighted by Crippen LogP contribution is -2.46. The van der Waals surface area contributed by atoms with Crippen molar-refractivity contribution in [3.05, 3.63) is 0 Å². The van der Waals surface area contributed by atoms with E-state index in [0.29, 0.717) is 0 Å². The van der Waals surface area contributed by atoms with E-state index < -0.39 is 9.76 Å². The number of hydrogen-bond donors (Lipinski definition) is 1. The molecule has 0 fully saturated rings. The summed E-state index contributed by atoms with van der Waals surface area (Å²) in [6, 6.07) is 0. The number of carbonyl (C=O) groups is 1. The van der Waals surface area contributed by atoms with Crippen LogP contribution in [0.2, 0.25) is 0 Å². The summed E-state index contributed by atoms with van der Waals surface area (Å²) in [4.78, 5) is 15.8. The van der Waals surface area contributed by atoms with Crippen molar-refractivity contribution >= 4 is 40.8 Å². The molecule has 0 unspecified atom stereocenters. The minimum absolute atomic E-state index is 0.125. The molecule has 0 radical (unpaired) electrons. The molecule has 0 aliphatic carbocycles. The van der Waals surface area contributed by atoms with Crippen LogP contribution >= 0.6 is 34.8 Å². The highest BCUT2D eigenvalue weighted by atomic mass is 35.6. The molecule has 0 atom stereocenters. The molecule has 0 aromatic carbocycles. The van der Waals surface area contributed by atoms with Crippen LogP contribution in [-0.2, 0) is 9.63 Å². The monoisotopic (exact) mass is 250 g/mol. The lowest BCUT2D eigenvalue weighted by Gasteiger charge is -2.26. The van der Waals surface area contributed by atoms with E-state index in [0.717, 1.165) is 0 Å². The summed E-state index contributed by atoms with van der Waals surface area (Å²) in [5.41, 5.74) is 0. The average Bonchev–Trinajstić information content (AvgIpc) is 1.83. The minimum atomic E-state index is -2.08. The summed E-state index contributed by atoms with van der Waals surface area (Å²) in [6.07, 6.45) is 0. The molecular weight excluding hydrogens is 240 g/mol. The van der Waals surface area contributed by atoms with Crippen molar-refractivity contribution < 1.29 is 19.4 Å². The van der Waals surface area contributed by atoms with Crippen LogP contribution in [0.1, 0.15) is 0 Å². The summed E-state index contributed by atoms with van der Waals surface area (Å²) in [7, 11) is 3.12. The first-order chi connectivity index (χ1) is 5.69. The van der Waals surface area contributed by atoms with Crippen molar-refractivity contribution in [1.29, 1.82) is 0 Å². The van der Waals surface area contributed by atoms with E-state index in [9.17, 15) is 4.79 Å².